The van der Waals surface area contributed by atoms with Crippen molar-refractivity contribution in [2.24, 2.45) is 0 Å². The molecule has 0 spiro atoms. The molecular weight excluding hydrogens is 222 g/mol. The summed E-state index contributed by atoms with van der Waals surface area (Å²) in [6.07, 6.45) is 3.87. The molecule has 1 N–H and O–H groups in total. The lowest BCUT2D eigenvalue weighted by Crippen LogP contribution is -2.21. The van der Waals surface area contributed by atoms with Crippen molar-refractivity contribution in [1.82, 2.24) is 5.32 Å². The van der Waals surface area contributed by atoms with E-state index in [0.29, 0.717) is 6.04 Å². The third-order valence-corrected chi connectivity index (χ3v) is 3.33. The number of nitrogens with one attached hydrogen (secondary N) is 1. The highest BCUT2D eigenvalue weighted by molar-refractivity contribution is 5.81. The fraction of sp³-hybridized carbons (Fsp3) is 0.375. The molecule has 0 aliphatic heterocycles. The van der Waals surface area contributed by atoms with Crippen LogP contribution in [0.1, 0.15) is 38.3 Å². The Morgan fingerprint density at radius 3 is 2.83 bits per heavy atom. The van der Waals surface area contributed by atoms with Gasteiger partial charge in [0.1, 0.15) is 5.58 Å². The molecule has 1 aromatic heterocycles. The van der Waals surface area contributed by atoms with Crippen LogP contribution in [0, 0.1) is 0 Å². The van der Waals surface area contributed by atoms with Gasteiger partial charge >= 0.3 is 0 Å². The lowest BCUT2D eigenvalue weighted by Gasteiger charge is -2.17. The molecule has 2 heteroatoms. The summed E-state index contributed by atoms with van der Waals surface area (Å²) >= 11 is 0. The van der Waals surface area contributed by atoms with Crippen LogP contribution in [-0.2, 0) is 0 Å². The highest BCUT2D eigenvalue weighted by Gasteiger charge is 2.16. The van der Waals surface area contributed by atoms with E-state index in [0.717, 1.165) is 25.0 Å². The summed E-state index contributed by atoms with van der Waals surface area (Å²) < 4.78 is 5.62. The van der Waals surface area contributed by atoms with Crippen molar-refractivity contribution in [3.8, 4) is 0 Å². The van der Waals surface area contributed by atoms with Crippen molar-refractivity contribution in [3.05, 3.63) is 48.2 Å². The standard InChI is InChI=1S/C16H21NO/c1-4-12(3)10-15(17-5-2)14-11-18-16-9-7-6-8-13(14)16/h6-9,11,15,17H,3-5,10H2,1-2H3. The summed E-state index contributed by atoms with van der Waals surface area (Å²) in [5, 5.41) is 4.72. The molecule has 1 unspecified atom stereocenters. The van der Waals surface area contributed by atoms with Gasteiger partial charge in [-0.15, -0.1) is 0 Å². The van der Waals surface area contributed by atoms with E-state index in [9.17, 15) is 0 Å². The first-order valence-electron chi connectivity index (χ1n) is 6.62. The van der Waals surface area contributed by atoms with Gasteiger partial charge in [0.25, 0.3) is 0 Å². The smallest absolute Gasteiger partial charge is 0.134 e. The second kappa shape index (κ2) is 5.87. The fourth-order valence-electron chi connectivity index (χ4n) is 2.24. The third-order valence-electron chi connectivity index (χ3n) is 3.33. The lowest BCUT2D eigenvalue weighted by atomic mass is 9.98. The van der Waals surface area contributed by atoms with Gasteiger partial charge in [0.2, 0.25) is 0 Å². The Balaban J connectivity index is 2.32. The van der Waals surface area contributed by atoms with E-state index in [4.69, 9.17) is 4.42 Å². The predicted octanol–water partition coefficient (Wildman–Crippen LogP) is 4.44. The number of rotatable bonds is 6. The van der Waals surface area contributed by atoms with Crippen molar-refractivity contribution in [2.45, 2.75) is 32.7 Å². The van der Waals surface area contributed by atoms with E-state index in [1.165, 1.54) is 16.5 Å². The van der Waals surface area contributed by atoms with E-state index in [-0.39, 0.29) is 0 Å². The van der Waals surface area contributed by atoms with Gasteiger partial charge in [0.15, 0.2) is 0 Å². The monoisotopic (exact) mass is 243 g/mol. The van der Waals surface area contributed by atoms with Crippen LogP contribution in [0.15, 0.2) is 47.1 Å². The predicted molar refractivity (Wildman–Crippen MR) is 76.7 cm³/mol. The molecule has 1 atom stereocenters. The minimum Gasteiger partial charge on any atom is -0.464 e. The minimum absolute atomic E-state index is 0.297. The maximum Gasteiger partial charge on any atom is 0.134 e. The molecule has 1 heterocycles. The van der Waals surface area contributed by atoms with Crippen LogP contribution in [0.2, 0.25) is 0 Å². The van der Waals surface area contributed by atoms with Crippen molar-refractivity contribution in [1.29, 1.82) is 0 Å². The van der Waals surface area contributed by atoms with E-state index in [2.05, 4.69) is 37.9 Å². The quantitative estimate of drug-likeness (QED) is 0.759. The largest absolute Gasteiger partial charge is 0.464 e. The molecule has 0 bridgehead atoms. The summed E-state index contributed by atoms with van der Waals surface area (Å²) in [6.45, 7) is 9.34. The zero-order valence-electron chi connectivity index (χ0n) is 11.2. The second-order valence-corrected chi connectivity index (χ2v) is 4.61. The summed E-state index contributed by atoms with van der Waals surface area (Å²) in [5.74, 6) is 0. The highest BCUT2D eigenvalue weighted by Crippen LogP contribution is 2.30. The number of para-hydroxylation sites is 1. The first kappa shape index (κ1) is 12.9. The first-order valence-corrected chi connectivity index (χ1v) is 6.62. The van der Waals surface area contributed by atoms with E-state index >= 15 is 0 Å². The summed E-state index contributed by atoms with van der Waals surface area (Å²) in [7, 11) is 0. The Kier molecular flexibility index (Phi) is 4.21. The Morgan fingerprint density at radius 1 is 1.33 bits per heavy atom. The van der Waals surface area contributed by atoms with Crippen LogP contribution < -0.4 is 5.32 Å². The molecule has 2 aromatic rings. The minimum atomic E-state index is 0.297. The molecule has 0 amide bonds. The molecule has 0 radical (unpaired) electrons. The Hall–Kier alpha value is -1.54. The average Bonchev–Trinajstić information content (AvgIpc) is 2.82. The van der Waals surface area contributed by atoms with Gasteiger partial charge in [-0.2, -0.15) is 0 Å². The molecule has 18 heavy (non-hydrogen) atoms. The van der Waals surface area contributed by atoms with Crippen molar-refractivity contribution >= 4 is 11.0 Å². The van der Waals surface area contributed by atoms with Gasteiger partial charge in [-0.25, -0.2) is 0 Å². The molecule has 0 saturated carbocycles. The van der Waals surface area contributed by atoms with Gasteiger partial charge in [-0.1, -0.05) is 44.2 Å². The van der Waals surface area contributed by atoms with Crippen LogP contribution in [0.25, 0.3) is 11.0 Å². The molecule has 2 nitrogen and oxygen atoms in total. The average molecular weight is 243 g/mol. The van der Waals surface area contributed by atoms with Crippen LogP contribution in [0.4, 0.5) is 0 Å². The molecule has 2 rings (SSSR count). The number of hydrogen-bond donors (Lipinski definition) is 1. The molecule has 1 aromatic carbocycles. The number of furan rings is 1. The maximum absolute atomic E-state index is 5.62. The number of fused-ring (bicyclic) bond motifs is 1. The molecule has 0 saturated heterocycles. The number of hydrogen-bond acceptors (Lipinski definition) is 2. The maximum atomic E-state index is 5.62. The molecular formula is C16H21NO. The zero-order valence-corrected chi connectivity index (χ0v) is 11.2. The topological polar surface area (TPSA) is 25.2 Å². The van der Waals surface area contributed by atoms with Crippen LogP contribution in [0.5, 0.6) is 0 Å². The van der Waals surface area contributed by atoms with Gasteiger partial charge < -0.3 is 9.73 Å². The van der Waals surface area contributed by atoms with Gasteiger partial charge in [0, 0.05) is 17.0 Å². The Labute approximate surface area is 109 Å². The highest BCUT2D eigenvalue weighted by atomic mass is 16.3. The fourth-order valence-corrected chi connectivity index (χ4v) is 2.24. The summed E-state index contributed by atoms with van der Waals surface area (Å²) in [5.41, 5.74) is 3.46. The lowest BCUT2D eigenvalue weighted by molar-refractivity contribution is 0.530. The summed E-state index contributed by atoms with van der Waals surface area (Å²) in [4.78, 5) is 0. The molecule has 0 aliphatic rings. The van der Waals surface area contributed by atoms with E-state index < -0.39 is 0 Å². The van der Waals surface area contributed by atoms with Crippen molar-refractivity contribution < 1.29 is 4.42 Å². The molecule has 0 aliphatic carbocycles. The first-order chi connectivity index (χ1) is 8.76. The third kappa shape index (κ3) is 2.65. The Bertz CT molecular complexity index is 527. The van der Waals surface area contributed by atoms with E-state index in [1.807, 2.05) is 18.4 Å². The van der Waals surface area contributed by atoms with Crippen molar-refractivity contribution in [2.75, 3.05) is 6.54 Å². The molecule has 0 fully saturated rings. The van der Waals surface area contributed by atoms with Gasteiger partial charge in [-0.05, 0) is 25.5 Å². The number of benzene rings is 1. The van der Waals surface area contributed by atoms with Gasteiger partial charge in [0.05, 0.1) is 6.26 Å². The summed E-state index contributed by atoms with van der Waals surface area (Å²) in [6, 6.07) is 8.48. The normalized spacial score (nSPS) is 12.8. The second-order valence-electron chi connectivity index (χ2n) is 4.61. The van der Waals surface area contributed by atoms with Crippen LogP contribution in [0.3, 0.4) is 0 Å². The van der Waals surface area contributed by atoms with E-state index in [1.54, 1.807) is 0 Å². The molecule has 96 valence electrons. The van der Waals surface area contributed by atoms with Crippen molar-refractivity contribution in [3.63, 3.8) is 0 Å². The van der Waals surface area contributed by atoms with Crippen LogP contribution >= 0.6 is 0 Å². The SMILES string of the molecule is C=C(CC)CC(NCC)c1coc2ccccc12. The van der Waals surface area contributed by atoms with Crippen LogP contribution in [-0.4, -0.2) is 6.54 Å². The van der Waals surface area contributed by atoms with Gasteiger partial charge in [-0.3, -0.25) is 0 Å². The Morgan fingerprint density at radius 2 is 2.11 bits per heavy atom. The zero-order chi connectivity index (χ0) is 13.0.